The molecule has 0 heterocycles. The highest BCUT2D eigenvalue weighted by molar-refractivity contribution is 6.32. The molecular weight excluding hydrogens is 466 g/mol. The van der Waals surface area contributed by atoms with Crippen LogP contribution in [0.2, 0.25) is 5.02 Å². The first kappa shape index (κ1) is 25.0. The molecule has 0 spiro atoms. The first-order valence-electron chi connectivity index (χ1n) is 11.8. The Balaban J connectivity index is 1.59. The third-order valence-corrected chi connectivity index (χ3v) is 6.36. The number of carboxylic acid groups (broad SMARTS) is 1. The molecule has 1 aliphatic rings. The highest BCUT2D eigenvalue weighted by atomic mass is 35.5. The fourth-order valence-corrected chi connectivity index (χ4v) is 4.64. The molecule has 0 fully saturated rings. The van der Waals surface area contributed by atoms with Crippen LogP contribution in [0.5, 0.6) is 11.5 Å². The van der Waals surface area contributed by atoms with Crippen LogP contribution in [0.15, 0.2) is 60.7 Å². The van der Waals surface area contributed by atoms with Crippen LogP contribution in [0.3, 0.4) is 0 Å². The molecular formula is C28H30ClNO5. The summed E-state index contributed by atoms with van der Waals surface area (Å²) in [5.41, 5.74) is 5.56. The molecule has 3 aromatic carbocycles. The lowest BCUT2D eigenvalue weighted by molar-refractivity contribution is -0.140. The maximum Gasteiger partial charge on any atom is 0.323 e. The summed E-state index contributed by atoms with van der Waals surface area (Å²) in [6.07, 6.45) is 1.53. The summed E-state index contributed by atoms with van der Waals surface area (Å²) in [4.78, 5) is 11.2. The molecule has 2 atom stereocenters. The van der Waals surface area contributed by atoms with E-state index in [1.807, 2.05) is 32.0 Å². The molecule has 6 nitrogen and oxygen atoms in total. The van der Waals surface area contributed by atoms with Gasteiger partial charge in [-0.3, -0.25) is 10.1 Å². The van der Waals surface area contributed by atoms with Crippen molar-refractivity contribution in [3.63, 3.8) is 0 Å². The second kappa shape index (κ2) is 11.1. The number of fused-ring (bicyclic) bond motifs is 1. The minimum Gasteiger partial charge on any atom is -0.491 e. The Morgan fingerprint density at radius 2 is 1.89 bits per heavy atom. The van der Waals surface area contributed by atoms with Gasteiger partial charge < -0.3 is 19.7 Å². The number of ether oxygens (including phenoxy) is 2. The quantitative estimate of drug-likeness (QED) is 0.349. The number of halogens is 1. The molecule has 0 aromatic heterocycles. The lowest BCUT2D eigenvalue weighted by Gasteiger charge is -2.21. The van der Waals surface area contributed by atoms with Gasteiger partial charge in [0, 0.05) is 18.2 Å². The Hall–Kier alpha value is -3.06. The lowest BCUT2D eigenvalue weighted by Crippen LogP contribution is -2.39. The Labute approximate surface area is 210 Å². The molecule has 7 heteroatoms. The molecule has 1 aliphatic carbocycles. The summed E-state index contributed by atoms with van der Waals surface area (Å²) >= 11 is 6.61. The molecule has 0 bridgehead atoms. The number of aliphatic hydroxyl groups is 1. The van der Waals surface area contributed by atoms with Gasteiger partial charge in [0.25, 0.3) is 0 Å². The normalized spacial score (nSPS) is 15.6. The summed E-state index contributed by atoms with van der Waals surface area (Å²) in [6.45, 7) is 3.49. The molecule has 0 unspecified atom stereocenters. The van der Waals surface area contributed by atoms with Crippen LogP contribution >= 0.6 is 11.6 Å². The lowest BCUT2D eigenvalue weighted by atomic mass is 9.97. The second-order valence-corrected chi connectivity index (χ2v) is 9.30. The first-order valence-corrected chi connectivity index (χ1v) is 12.1. The van der Waals surface area contributed by atoms with E-state index in [4.69, 9.17) is 21.1 Å². The maximum absolute atomic E-state index is 11.2. The van der Waals surface area contributed by atoms with Gasteiger partial charge in [0.1, 0.15) is 23.6 Å². The van der Waals surface area contributed by atoms with Crippen LogP contribution in [0.4, 0.5) is 0 Å². The van der Waals surface area contributed by atoms with Crippen molar-refractivity contribution in [1.82, 2.24) is 5.32 Å². The summed E-state index contributed by atoms with van der Waals surface area (Å²) in [5.74, 6) is -0.0455. The second-order valence-electron chi connectivity index (χ2n) is 8.90. The smallest absolute Gasteiger partial charge is 0.323 e. The molecule has 4 rings (SSSR count). The number of rotatable bonds is 10. The van der Waals surface area contributed by atoms with Crippen molar-refractivity contribution in [3.8, 4) is 22.6 Å². The van der Waals surface area contributed by atoms with Gasteiger partial charge in [0.2, 0.25) is 0 Å². The predicted octanol–water partition coefficient (Wildman–Crippen LogP) is 5.40. The Bertz CT molecular complexity index is 1180. The Kier molecular flexibility index (Phi) is 7.96. The zero-order valence-electron chi connectivity index (χ0n) is 19.8. The van der Waals surface area contributed by atoms with Gasteiger partial charge in [-0.15, -0.1) is 0 Å². The molecule has 0 aliphatic heterocycles. The van der Waals surface area contributed by atoms with Crippen molar-refractivity contribution >= 4 is 17.6 Å². The van der Waals surface area contributed by atoms with Crippen molar-refractivity contribution in [2.45, 2.75) is 51.5 Å². The Morgan fingerprint density at radius 1 is 1.11 bits per heavy atom. The van der Waals surface area contributed by atoms with Crippen LogP contribution in [0.25, 0.3) is 11.1 Å². The van der Waals surface area contributed by atoms with Gasteiger partial charge in [-0.05, 0) is 55.0 Å². The van der Waals surface area contributed by atoms with Crippen LogP contribution < -0.4 is 14.8 Å². The first-order chi connectivity index (χ1) is 16.9. The van der Waals surface area contributed by atoms with Crippen LogP contribution in [0.1, 0.15) is 43.1 Å². The molecule has 0 amide bonds. The van der Waals surface area contributed by atoms with Crippen LogP contribution in [-0.2, 0) is 17.8 Å². The molecule has 0 radical (unpaired) electrons. The SMILES string of the molecule is CC(C)Oc1cc(O[C@H]2CCc3c(-c4ccccc4)cccc32)c(Cl)cc1CN[C@@H](CO)C(=O)O. The zero-order valence-corrected chi connectivity index (χ0v) is 20.6. The number of aliphatic carboxylic acids is 1. The minimum absolute atomic E-state index is 0.100. The molecule has 3 N–H and O–H groups in total. The van der Waals surface area contributed by atoms with Crippen molar-refractivity contribution in [2.75, 3.05) is 6.61 Å². The molecule has 184 valence electrons. The van der Waals surface area contributed by atoms with E-state index in [-0.39, 0.29) is 18.8 Å². The number of hydrogen-bond donors (Lipinski definition) is 3. The fourth-order valence-electron chi connectivity index (χ4n) is 4.41. The van der Waals surface area contributed by atoms with E-state index in [0.717, 1.165) is 18.4 Å². The van der Waals surface area contributed by atoms with Gasteiger partial charge in [0.15, 0.2) is 0 Å². The van der Waals surface area contributed by atoms with E-state index >= 15 is 0 Å². The van der Waals surface area contributed by atoms with Gasteiger partial charge in [-0.2, -0.15) is 0 Å². The average Bonchev–Trinajstić information content (AvgIpc) is 3.25. The van der Waals surface area contributed by atoms with Crippen molar-refractivity contribution < 1.29 is 24.5 Å². The van der Waals surface area contributed by atoms with Crippen molar-refractivity contribution in [2.24, 2.45) is 0 Å². The number of hydrogen-bond acceptors (Lipinski definition) is 5. The Morgan fingerprint density at radius 3 is 2.57 bits per heavy atom. The summed E-state index contributed by atoms with van der Waals surface area (Å²) < 4.78 is 12.4. The number of carboxylic acids is 1. The highest BCUT2D eigenvalue weighted by Crippen LogP contribution is 2.42. The van der Waals surface area contributed by atoms with E-state index in [1.54, 1.807) is 12.1 Å². The minimum atomic E-state index is -1.13. The third-order valence-electron chi connectivity index (χ3n) is 6.07. The number of benzene rings is 3. The van der Waals surface area contributed by atoms with Gasteiger partial charge in [-0.1, -0.05) is 60.1 Å². The van der Waals surface area contributed by atoms with Crippen molar-refractivity contribution in [1.29, 1.82) is 0 Å². The highest BCUT2D eigenvalue weighted by Gasteiger charge is 2.28. The van der Waals surface area contributed by atoms with Gasteiger partial charge in [0.05, 0.1) is 17.7 Å². The summed E-state index contributed by atoms with van der Waals surface area (Å²) in [5, 5.41) is 21.7. The molecule has 35 heavy (non-hydrogen) atoms. The number of carbonyl (C=O) groups is 1. The third kappa shape index (κ3) is 5.78. The standard InChI is InChI=1S/C28H30ClNO5/c1-17(2)34-26-14-27(23(29)13-19(26)15-30-24(16-31)28(32)33)35-25-12-11-21-20(9-6-10-22(21)25)18-7-4-3-5-8-18/h3-10,13-14,17,24-25,30-31H,11-12,15-16H2,1-2H3,(H,32,33)/t24-,25-/m0/s1. The van der Waals surface area contributed by atoms with E-state index in [0.29, 0.717) is 22.1 Å². The summed E-state index contributed by atoms with van der Waals surface area (Å²) in [6, 6.07) is 19.1. The largest absolute Gasteiger partial charge is 0.491 e. The van der Waals surface area contributed by atoms with Gasteiger partial charge in [-0.25, -0.2) is 0 Å². The summed E-state index contributed by atoms with van der Waals surface area (Å²) in [7, 11) is 0. The monoisotopic (exact) mass is 495 g/mol. The van der Waals surface area contributed by atoms with E-state index in [9.17, 15) is 15.0 Å². The van der Waals surface area contributed by atoms with Crippen molar-refractivity contribution in [3.05, 3.63) is 82.4 Å². The topological polar surface area (TPSA) is 88.0 Å². The van der Waals surface area contributed by atoms with Crippen LogP contribution in [0, 0.1) is 0 Å². The van der Waals surface area contributed by atoms with E-state index in [1.165, 1.54) is 16.7 Å². The van der Waals surface area contributed by atoms with Crippen LogP contribution in [-0.4, -0.2) is 34.9 Å². The molecule has 3 aromatic rings. The fraction of sp³-hybridized carbons (Fsp3) is 0.321. The molecule has 0 saturated carbocycles. The predicted molar refractivity (Wildman–Crippen MR) is 136 cm³/mol. The van der Waals surface area contributed by atoms with Gasteiger partial charge >= 0.3 is 5.97 Å². The van der Waals surface area contributed by atoms with E-state index in [2.05, 4.69) is 35.6 Å². The van der Waals surface area contributed by atoms with E-state index < -0.39 is 18.6 Å². The zero-order chi connectivity index (χ0) is 24.9. The maximum atomic E-state index is 11.2. The number of aliphatic hydroxyl groups excluding tert-OH is 1. The average molecular weight is 496 g/mol. The number of nitrogens with one attached hydrogen (secondary N) is 1. The molecule has 0 saturated heterocycles.